The van der Waals surface area contributed by atoms with E-state index >= 15 is 0 Å². The van der Waals surface area contributed by atoms with Crippen molar-refractivity contribution in [3.63, 3.8) is 0 Å². The van der Waals surface area contributed by atoms with Crippen LogP contribution in [0.5, 0.6) is 5.75 Å². The minimum Gasteiger partial charge on any atom is -0.497 e. The monoisotopic (exact) mass is 203 g/mol. The Morgan fingerprint density at radius 3 is 2.93 bits per heavy atom. The van der Waals surface area contributed by atoms with Gasteiger partial charge in [0.05, 0.1) is 7.11 Å². The van der Waals surface area contributed by atoms with Gasteiger partial charge >= 0.3 is 0 Å². The number of H-pyrrole nitrogens is 1. The van der Waals surface area contributed by atoms with Crippen molar-refractivity contribution in [2.45, 2.75) is 13.3 Å². The van der Waals surface area contributed by atoms with Crippen LogP contribution < -0.4 is 4.74 Å². The average Bonchev–Trinajstić information content (AvgIpc) is 2.56. The third-order valence-electron chi connectivity index (χ3n) is 2.66. The van der Waals surface area contributed by atoms with E-state index in [-0.39, 0.29) is 0 Å². The molecule has 0 aliphatic rings. The summed E-state index contributed by atoms with van der Waals surface area (Å²) in [6, 6.07) is 5.86. The van der Waals surface area contributed by atoms with Crippen LogP contribution in [-0.4, -0.2) is 18.4 Å². The number of benzene rings is 1. The van der Waals surface area contributed by atoms with Crippen molar-refractivity contribution in [2.75, 3.05) is 7.11 Å². The number of hydrogen-bond acceptors (Lipinski definition) is 2. The molecule has 1 N–H and O–H groups in total. The number of fused-ring (bicyclic) bond motifs is 1. The zero-order valence-electron chi connectivity index (χ0n) is 8.83. The fraction of sp³-hybridized carbons (Fsp3) is 0.250. The first-order valence-electron chi connectivity index (χ1n) is 4.85. The van der Waals surface area contributed by atoms with Crippen LogP contribution in [0.3, 0.4) is 0 Å². The maximum atomic E-state index is 10.5. The van der Waals surface area contributed by atoms with Gasteiger partial charge in [-0.05, 0) is 30.7 Å². The number of ether oxygens (including phenoxy) is 1. The Bertz CT molecular complexity index is 500. The molecule has 2 aromatic rings. The summed E-state index contributed by atoms with van der Waals surface area (Å²) in [7, 11) is 1.65. The van der Waals surface area contributed by atoms with Gasteiger partial charge in [0.15, 0.2) is 0 Å². The fourth-order valence-electron chi connectivity index (χ4n) is 1.78. The zero-order valence-corrected chi connectivity index (χ0v) is 8.83. The minimum atomic E-state index is 0.433. The summed E-state index contributed by atoms with van der Waals surface area (Å²) in [5.41, 5.74) is 3.15. The van der Waals surface area contributed by atoms with Gasteiger partial charge < -0.3 is 14.5 Å². The number of aldehydes is 1. The molecule has 0 aliphatic carbocycles. The number of hydrogen-bond donors (Lipinski definition) is 1. The van der Waals surface area contributed by atoms with E-state index in [9.17, 15) is 4.79 Å². The molecule has 0 amide bonds. The molecule has 78 valence electrons. The molecule has 15 heavy (non-hydrogen) atoms. The van der Waals surface area contributed by atoms with E-state index < -0.39 is 0 Å². The van der Waals surface area contributed by atoms with Crippen LogP contribution >= 0.6 is 0 Å². The lowest BCUT2D eigenvalue weighted by atomic mass is 10.1. The summed E-state index contributed by atoms with van der Waals surface area (Å²) in [5, 5.41) is 1.12. The molecule has 0 fully saturated rings. The molecular formula is C12H13NO2. The molecule has 1 aromatic carbocycles. The summed E-state index contributed by atoms with van der Waals surface area (Å²) in [4.78, 5) is 13.7. The summed E-state index contributed by atoms with van der Waals surface area (Å²) in [6.07, 6.45) is 1.35. The number of aromatic nitrogens is 1. The highest BCUT2D eigenvalue weighted by molar-refractivity contribution is 5.86. The summed E-state index contributed by atoms with van der Waals surface area (Å²) >= 11 is 0. The molecule has 2 rings (SSSR count). The third-order valence-corrected chi connectivity index (χ3v) is 2.66. The van der Waals surface area contributed by atoms with Gasteiger partial charge in [0, 0.05) is 23.0 Å². The third kappa shape index (κ3) is 1.61. The number of carbonyl (C=O) groups is 1. The first kappa shape index (κ1) is 9.77. The van der Waals surface area contributed by atoms with Crippen molar-refractivity contribution in [3.8, 4) is 5.75 Å². The van der Waals surface area contributed by atoms with E-state index in [1.807, 2.05) is 25.1 Å². The SMILES string of the molecule is COc1ccc2[nH]c(CC=O)c(C)c2c1. The largest absolute Gasteiger partial charge is 0.497 e. The molecular weight excluding hydrogens is 190 g/mol. The van der Waals surface area contributed by atoms with E-state index in [4.69, 9.17) is 4.74 Å². The van der Waals surface area contributed by atoms with Gasteiger partial charge in [0.1, 0.15) is 12.0 Å². The maximum absolute atomic E-state index is 10.5. The molecule has 0 saturated carbocycles. The molecule has 0 saturated heterocycles. The number of methoxy groups -OCH3 is 1. The second kappa shape index (κ2) is 3.77. The highest BCUT2D eigenvalue weighted by Crippen LogP contribution is 2.25. The predicted molar refractivity (Wildman–Crippen MR) is 59.4 cm³/mol. The predicted octanol–water partition coefficient (Wildman–Crippen LogP) is 2.23. The molecule has 0 spiro atoms. The average molecular weight is 203 g/mol. The van der Waals surface area contributed by atoms with Gasteiger partial charge in [-0.25, -0.2) is 0 Å². The molecule has 0 aliphatic heterocycles. The van der Waals surface area contributed by atoms with Gasteiger partial charge in [0.25, 0.3) is 0 Å². The van der Waals surface area contributed by atoms with Crippen LogP contribution in [-0.2, 0) is 11.2 Å². The van der Waals surface area contributed by atoms with Crippen molar-refractivity contribution < 1.29 is 9.53 Å². The molecule has 1 aromatic heterocycles. The van der Waals surface area contributed by atoms with E-state index in [1.165, 1.54) is 0 Å². The van der Waals surface area contributed by atoms with Crippen molar-refractivity contribution in [1.29, 1.82) is 0 Å². The van der Waals surface area contributed by atoms with Gasteiger partial charge in [-0.2, -0.15) is 0 Å². The number of aromatic amines is 1. The van der Waals surface area contributed by atoms with Crippen LogP contribution in [0.1, 0.15) is 11.3 Å². The molecule has 1 heterocycles. The Morgan fingerprint density at radius 2 is 2.27 bits per heavy atom. The van der Waals surface area contributed by atoms with Crippen LogP contribution in [0.15, 0.2) is 18.2 Å². The van der Waals surface area contributed by atoms with Crippen LogP contribution in [0.25, 0.3) is 10.9 Å². The molecule has 0 radical (unpaired) electrons. The molecule has 0 atom stereocenters. The van der Waals surface area contributed by atoms with Crippen LogP contribution in [0.2, 0.25) is 0 Å². The normalized spacial score (nSPS) is 10.5. The molecule has 0 bridgehead atoms. The fourth-order valence-corrected chi connectivity index (χ4v) is 1.78. The smallest absolute Gasteiger partial charge is 0.125 e. The molecule has 3 nitrogen and oxygen atoms in total. The topological polar surface area (TPSA) is 42.1 Å². The Hall–Kier alpha value is -1.77. The Balaban J connectivity index is 2.60. The Labute approximate surface area is 88.1 Å². The standard InChI is InChI=1S/C12H13NO2/c1-8-10-7-9(15-2)3-4-12(10)13-11(8)5-6-14/h3-4,6-7,13H,5H2,1-2H3. The zero-order chi connectivity index (χ0) is 10.8. The van der Waals surface area contributed by atoms with E-state index in [0.717, 1.165) is 34.2 Å². The summed E-state index contributed by atoms with van der Waals surface area (Å²) in [5.74, 6) is 0.835. The van der Waals surface area contributed by atoms with Crippen molar-refractivity contribution in [1.82, 2.24) is 4.98 Å². The number of carbonyl (C=O) groups excluding carboxylic acids is 1. The summed E-state index contributed by atoms with van der Waals surface area (Å²) < 4.78 is 5.16. The van der Waals surface area contributed by atoms with Crippen LogP contribution in [0.4, 0.5) is 0 Å². The number of aryl methyl sites for hydroxylation is 1. The van der Waals surface area contributed by atoms with Crippen molar-refractivity contribution in [3.05, 3.63) is 29.5 Å². The quantitative estimate of drug-likeness (QED) is 0.777. The number of rotatable bonds is 3. The first-order chi connectivity index (χ1) is 7.26. The lowest BCUT2D eigenvalue weighted by Crippen LogP contribution is -1.87. The molecule has 3 heteroatoms. The van der Waals surface area contributed by atoms with Gasteiger partial charge in [0.2, 0.25) is 0 Å². The first-order valence-corrected chi connectivity index (χ1v) is 4.85. The lowest BCUT2D eigenvalue weighted by molar-refractivity contribution is -0.107. The van der Waals surface area contributed by atoms with Crippen molar-refractivity contribution in [2.24, 2.45) is 0 Å². The van der Waals surface area contributed by atoms with Crippen LogP contribution in [0, 0.1) is 6.92 Å². The minimum absolute atomic E-state index is 0.433. The Kier molecular flexibility index (Phi) is 2.46. The number of nitrogens with one attached hydrogen (secondary N) is 1. The van der Waals surface area contributed by atoms with Gasteiger partial charge in [-0.15, -0.1) is 0 Å². The molecule has 0 unspecified atom stereocenters. The highest BCUT2D eigenvalue weighted by Gasteiger charge is 2.07. The Morgan fingerprint density at radius 1 is 1.47 bits per heavy atom. The highest BCUT2D eigenvalue weighted by atomic mass is 16.5. The second-order valence-electron chi connectivity index (χ2n) is 3.51. The van der Waals surface area contributed by atoms with E-state index in [1.54, 1.807) is 7.11 Å². The van der Waals surface area contributed by atoms with E-state index in [2.05, 4.69) is 4.98 Å². The lowest BCUT2D eigenvalue weighted by Gasteiger charge is -1.98. The maximum Gasteiger partial charge on any atom is 0.125 e. The van der Waals surface area contributed by atoms with Gasteiger partial charge in [-0.3, -0.25) is 0 Å². The second-order valence-corrected chi connectivity index (χ2v) is 3.51. The van der Waals surface area contributed by atoms with Gasteiger partial charge in [-0.1, -0.05) is 0 Å². The van der Waals surface area contributed by atoms with Crippen molar-refractivity contribution >= 4 is 17.2 Å². The summed E-state index contributed by atoms with van der Waals surface area (Å²) in [6.45, 7) is 2.01. The van der Waals surface area contributed by atoms with E-state index in [0.29, 0.717) is 6.42 Å².